The predicted molar refractivity (Wildman–Crippen MR) is 54.7 cm³/mol. The highest BCUT2D eigenvalue weighted by Crippen LogP contribution is 2.24. The van der Waals surface area contributed by atoms with E-state index in [0.717, 1.165) is 11.1 Å². The van der Waals surface area contributed by atoms with Crippen molar-refractivity contribution in [3.8, 4) is 5.75 Å². The molecule has 1 heterocycles. The number of phenolic OH excluding ortho intramolecular Hbond substituents is 1. The van der Waals surface area contributed by atoms with Crippen LogP contribution in [0.15, 0.2) is 35.5 Å². The summed E-state index contributed by atoms with van der Waals surface area (Å²) in [4.78, 5) is 3.97. The summed E-state index contributed by atoms with van der Waals surface area (Å²) in [6.07, 6.45) is 8.94. The molecule has 1 aliphatic heterocycles. The van der Waals surface area contributed by atoms with E-state index in [1.807, 2.05) is 24.3 Å². The molecule has 64 valence electrons. The van der Waals surface area contributed by atoms with Crippen molar-refractivity contribution in [3.05, 3.63) is 41.6 Å². The van der Waals surface area contributed by atoms with Crippen LogP contribution >= 0.6 is 0 Å². The maximum absolute atomic E-state index is 9.54. The predicted octanol–water partition coefficient (Wildman–Crippen LogP) is 2.46. The van der Waals surface area contributed by atoms with Crippen molar-refractivity contribution in [1.29, 1.82) is 0 Å². The minimum atomic E-state index is 0.288. The molecule has 0 saturated carbocycles. The lowest BCUT2D eigenvalue weighted by atomic mass is 10.1. The van der Waals surface area contributed by atoms with Gasteiger partial charge in [-0.1, -0.05) is 18.2 Å². The van der Waals surface area contributed by atoms with Gasteiger partial charge in [0.05, 0.1) is 0 Å². The fourth-order valence-electron chi connectivity index (χ4n) is 1.26. The molecular weight excluding hydrogens is 162 g/mol. The van der Waals surface area contributed by atoms with Crippen molar-refractivity contribution in [2.75, 3.05) is 0 Å². The quantitative estimate of drug-likeness (QED) is 0.639. The van der Waals surface area contributed by atoms with Gasteiger partial charge in [0.25, 0.3) is 0 Å². The highest BCUT2D eigenvalue weighted by atomic mass is 16.3. The van der Waals surface area contributed by atoms with Crippen molar-refractivity contribution in [1.82, 2.24) is 0 Å². The molecule has 2 rings (SSSR count). The highest BCUT2D eigenvalue weighted by Gasteiger charge is 2.01. The van der Waals surface area contributed by atoms with Crippen LogP contribution in [0.4, 0.5) is 0 Å². The second kappa shape index (κ2) is 3.27. The average Bonchev–Trinajstić information content (AvgIpc) is 2.07. The second-order valence-corrected chi connectivity index (χ2v) is 2.75. The van der Waals surface area contributed by atoms with Gasteiger partial charge in [-0.15, -0.1) is 0 Å². The van der Waals surface area contributed by atoms with Crippen LogP contribution in [0.25, 0.3) is 12.2 Å². The van der Waals surface area contributed by atoms with Crippen LogP contribution in [0.1, 0.15) is 11.1 Å². The molecule has 0 bridgehead atoms. The SMILES string of the molecule is Oc1cccc2c1\C=C/N=C\C=C/2. The molecule has 0 fully saturated rings. The third-order valence-electron chi connectivity index (χ3n) is 1.89. The zero-order chi connectivity index (χ0) is 9.10. The molecule has 0 aliphatic carbocycles. The van der Waals surface area contributed by atoms with Crippen LogP contribution in [0.2, 0.25) is 0 Å². The number of allylic oxidation sites excluding steroid dienone is 1. The lowest BCUT2D eigenvalue weighted by molar-refractivity contribution is 0.474. The second-order valence-electron chi connectivity index (χ2n) is 2.75. The Hall–Kier alpha value is -1.83. The van der Waals surface area contributed by atoms with Crippen molar-refractivity contribution in [2.24, 2.45) is 4.99 Å². The highest BCUT2D eigenvalue weighted by molar-refractivity contribution is 5.83. The molecule has 0 radical (unpaired) electrons. The van der Waals surface area contributed by atoms with E-state index < -0.39 is 0 Å². The fourth-order valence-corrected chi connectivity index (χ4v) is 1.26. The number of aromatic hydroxyl groups is 1. The lowest BCUT2D eigenvalue weighted by Gasteiger charge is -2.03. The molecule has 0 spiro atoms. The third-order valence-corrected chi connectivity index (χ3v) is 1.89. The Kier molecular flexibility index (Phi) is 1.96. The summed E-state index contributed by atoms with van der Waals surface area (Å²) in [5, 5.41) is 9.54. The zero-order valence-electron chi connectivity index (χ0n) is 7.01. The number of fused-ring (bicyclic) bond motifs is 1. The standard InChI is InChI=1S/C11H9NO/c13-11-5-1-3-9-4-2-7-12-8-6-10(9)11/h1-8,13H/b4-2-,7-2?,8-6-,9-4?,10-6?,12-7-,12-8?. The first-order valence-electron chi connectivity index (χ1n) is 4.06. The van der Waals surface area contributed by atoms with Crippen LogP contribution in [0.5, 0.6) is 5.75 Å². The molecule has 0 aromatic heterocycles. The lowest BCUT2D eigenvalue weighted by Crippen LogP contribution is -1.83. The van der Waals surface area contributed by atoms with Gasteiger partial charge in [-0.3, -0.25) is 4.99 Å². The Bertz CT molecular complexity index is 403. The molecule has 13 heavy (non-hydrogen) atoms. The molecule has 1 aliphatic rings. The summed E-state index contributed by atoms with van der Waals surface area (Å²) in [6.45, 7) is 0. The zero-order valence-corrected chi connectivity index (χ0v) is 7.01. The van der Waals surface area contributed by atoms with Crippen LogP contribution in [-0.2, 0) is 0 Å². The molecule has 0 unspecified atom stereocenters. The van der Waals surface area contributed by atoms with Crippen molar-refractivity contribution in [3.63, 3.8) is 0 Å². The van der Waals surface area contributed by atoms with Gasteiger partial charge in [-0.05, 0) is 23.8 Å². The average molecular weight is 171 g/mol. The summed E-state index contributed by atoms with van der Waals surface area (Å²) in [7, 11) is 0. The van der Waals surface area contributed by atoms with Gasteiger partial charge in [-0.25, -0.2) is 0 Å². The first kappa shape index (κ1) is 7.80. The summed E-state index contributed by atoms with van der Waals surface area (Å²) < 4.78 is 0. The summed E-state index contributed by atoms with van der Waals surface area (Å²) >= 11 is 0. The van der Waals surface area contributed by atoms with E-state index in [9.17, 15) is 5.11 Å². The Labute approximate surface area is 76.6 Å². The molecule has 1 N–H and O–H groups in total. The number of benzene rings is 1. The van der Waals surface area contributed by atoms with E-state index in [0.29, 0.717) is 0 Å². The van der Waals surface area contributed by atoms with Crippen LogP contribution in [0.3, 0.4) is 0 Å². The smallest absolute Gasteiger partial charge is 0.123 e. The van der Waals surface area contributed by atoms with Crippen molar-refractivity contribution >= 4 is 18.4 Å². The Balaban J connectivity index is 2.62. The number of rotatable bonds is 0. The molecule has 2 heteroatoms. The maximum atomic E-state index is 9.54. The summed E-state index contributed by atoms with van der Waals surface area (Å²) in [5.41, 5.74) is 1.82. The number of hydrogen-bond donors (Lipinski definition) is 1. The van der Waals surface area contributed by atoms with Gasteiger partial charge in [-0.2, -0.15) is 0 Å². The number of aliphatic imine (C=N–C) groups is 1. The van der Waals surface area contributed by atoms with E-state index >= 15 is 0 Å². The molecule has 0 amide bonds. The van der Waals surface area contributed by atoms with E-state index in [1.54, 1.807) is 24.6 Å². The Morgan fingerprint density at radius 3 is 3.00 bits per heavy atom. The minimum Gasteiger partial charge on any atom is -0.507 e. The largest absolute Gasteiger partial charge is 0.507 e. The molecule has 1 aromatic rings. The van der Waals surface area contributed by atoms with Gasteiger partial charge in [0.1, 0.15) is 5.75 Å². The first-order chi connectivity index (χ1) is 6.38. The van der Waals surface area contributed by atoms with E-state index in [4.69, 9.17) is 0 Å². The monoisotopic (exact) mass is 171 g/mol. The topological polar surface area (TPSA) is 32.6 Å². The van der Waals surface area contributed by atoms with Gasteiger partial charge in [0.2, 0.25) is 0 Å². The van der Waals surface area contributed by atoms with E-state index in [-0.39, 0.29) is 5.75 Å². The van der Waals surface area contributed by atoms with Crippen LogP contribution in [-0.4, -0.2) is 11.3 Å². The summed E-state index contributed by atoms with van der Waals surface area (Å²) in [5.74, 6) is 0.288. The van der Waals surface area contributed by atoms with Gasteiger partial charge >= 0.3 is 0 Å². The number of hydrogen-bond acceptors (Lipinski definition) is 2. The van der Waals surface area contributed by atoms with Crippen LogP contribution < -0.4 is 0 Å². The minimum absolute atomic E-state index is 0.288. The molecular formula is C11H9NO. The van der Waals surface area contributed by atoms with Gasteiger partial charge in [0, 0.05) is 18.0 Å². The number of phenols is 1. The Morgan fingerprint density at radius 1 is 1.15 bits per heavy atom. The van der Waals surface area contributed by atoms with Crippen LogP contribution in [0, 0.1) is 0 Å². The van der Waals surface area contributed by atoms with E-state index in [2.05, 4.69) is 4.99 Å². The molecule has 0 atom stereocenters. The molecule has 1 aromatic carbocycles. The third kappa shape index (κ3) is 1.51. The van der Waals surface area contributed by atoms with Crippen molar-refractivity contribution in [2.45, 2.75) is 0 Å². The maximum Gasteiger partial charge on any atom is 0.123 e. The van der Waals surface area contributed by atoms with Gasteiger partial charge < -0.3 is 5.11 Å². The molecule has 2 nitrogen and oxygen atoms in total. The fraction of sp³-hybridized carbons (Fsp3) is 0. The van der Waals surface area contributed by atoms with E-state index in [1.165, 1.54) is 0 Å². The molecule has 0 saturated heterocycles. The summed E-state index contributed by atoms with van der Waals surface area (Å²) in [6, 6.07) is 5.45. The normalized spacial score (nSPS) is 20.9. The Morgan fingerprint density at radius 2 is 2.08 bits per heavy atom. The number of nitrogens with zero attached hydrogens (tertiary/aromatic N) is 1. The first-order valence-corrected chi connectivity index (χ1v) is 4.06. The van der Waals surface area contributed by atoms with Crippen molar-refractivity contribution < 1.29 is 5.11 Å². The van der Waals surface area contributed by atoms with Gasteiger partial charge in [0.15, 0.2) is 0 Å².